The molecule has 0 aliphatic heterocycles. The molecule has 0 saturated carbocycles. The van der Waals surface area contributed by atoms with E-state index in [2.05, 4.69) is 16.4 Å². The Labute approximate surface area is 195 Å². The topological polar surface area (TPSA) is 84.2 Å². The van der Waals surface area contributed by atoms with Gasteiger partial charge < -0.3 is 14.8 Å². The summed E-state index contributed by atoms with van der Waals surface area (Å²) in [5.41, 5.74) is 3.92. The van der Waals surface area contributed by atoms with E-state index in [1.807, 2.05) is 55.5 Å². The summed E-state index contributed by atoms with van der Waals surface area (Å²) in [7, 11) is 1.53. The van der Waals surface area contributed by atoms with Crippen LogP contribution in [0.25, 0.3) is 21.9 Å². The number of aryl methyl sites for hydroxylation is 1. The molecule has 0 aliphatic carbocycles. The predicted molar refractivity (Wildman–Crippen MR) is 131 cm³/mol. The molecule has 33 heavy (non-hydrogen) atoms. The van der Waals surface area contributed by atoms with Gasteiger partial charge in [-0.25, -0.2) is 4.98 Å². The molecule has 0 aliphatic rings. The summed E-state index contributed by atoms with van der Waals surface area (Å²) in [6.07, 6.45) is 1.76. The molecule has 0 saturated heterocycles. The molecule has 4 rings (SSSR count). The lowest BCUT2D eigenvalue weighted by atomic mass is 10.1. The Kier molecular flexibility index (Phi) is 6.67. The van der Waals surface area contributed by atoms with Crippen LogP contribution in [0, 0.1) is 18.3 Å². The lowest BCUT2D eigenvalue weighted by Gasteiger charge is -2.12. The Bertz CT molecular complexity index is 1330. The van der Waals surface area contributed by atoms with E-state index in [0.717, 1.165) is 21.3 Å². The molecule has 0 spiro atoms. The second kappa shape index (κ2) is 9.98. The molecule has 6 nitrogen and oxygen atoms in total. The first kappa shape index (κ1) is 22.1. The van der Waals surface area contributed by atoms with Gasteiger partial charge in [0.1, 0.15) is 11.1 Å². The lowest BCUT2D eigenvalue weighted by Crippen LogP contribution is -2.20. The van der Waals surface area contributed by atoms with Crippen LogP contribution in [0.15, 0.2) is 66.7 Å². The van der Waals surface area contributed by atoms with Crippen molar-refractivity contribution in [1.29, 1.82) is 5.26 Å². The van der Waals surface area contributed by atoms with Crippen molar-refractivity contribution in [2.24, 2.45) is 0 Å². The van der Waals surface area contributed by atoms with Crippen molar-refractivity contribution in [2.75, 3.05) is 19.0 Å². The standard InChI is InChI=1S/C26H21N3O3S/c1-17-7-10-20(11-8-17)28-25(30)16-32-22-12-9-18(14-23(22)31-2)13-19(15-27)26-29-21-5-3-4-6-24(21)33-26/h3-14H,16H2,1-2H3,(H,28,30). The van der Waals surface area contributed by atoms with Gasteiger partial charge in [0, 0.05) is 5.69 Å². The normalized spacial score (nSPS) is 11.1. The summed E-state index contributed by atoms with van der Waals surface area (Å²) in [6.45, 7) is 1.83. The molecule has 1 amide bonds. The van der Waals surface area contributed by atoms with Gasteiger partial charge in [-0.1, -0.05) is 35.9 Å². The summed E-state index contributed by atoms with van der Waals surface area (Å²) in [6, 6.07) is 22.8. The fourth-order valence-corrected chi connectivity index (χ4v) is 4.10. The van der Waals surface area contributed by atoms with Crippen LogP contribution in [0.2, 0.25) is 0 Å². The molecule has 3 aromatic carbocycles. The number of anilines is 1. The number of aromatic nitrogens is 1. The number of carbonyl (C=O) groups is 1. The van der Waals surface area contributed by atoms with Crippen molar-refractivity contribution in [3.05, 3.63) is 82.9 Å². The zero-order valence-electron chi connectivity index (χ0n) is 18.2. The molecule has 0 bridgehead atoms. The van der Waals surface area contributed by atoms with Gasteiger partial charge in [-0.15, -0.1) is 11.3 Å². The molecule has 0 fully saturated rings. The summed E-state index contributed by atoms with van der Waals surface area (Å²) >= 11 is 1.47. The van der Waals surface area contributed by atoms with Crippen molar-refractivity contribution in [1.82, 2.24) is 4.98 Å². The fourth-order valence-electron chi connectivity index (χ4n) is 3.17. The number of nitrogens with one attached hydrogen (secondary N) is 1. The van der Waals surface area contributed by atoms with Crippen LogP contribution < -0.4 is 14.8 Å². The van der Waals surface area contributed by atoms with E-state index < -0.39 is 0 Å². The highest BCUT2D eigenvalue weighted by molar-refractivity contribution is 7.19. The number of carbonyl (C=O) groups excluding carboxylic acids is 1. The number of para-hydroxylation sites is 1. The van der Waals surface area contributed by atoms with Crippen molar-refractivity contribution >= 4 is 44.8 Å². The molecule has 7 heteroatoms. The largest absolute Gasteiger partial charge is 0.493 e. The van der Waals surface area contributed by atoms with E-state index in [4.69, 9.17) is 9.47 Å². The van der Waals surface area contributed by atoms with Crippen molar-refractivity contribution < 1.29 is 14.3 Å². The van der Waals surface area contributed by atoms with Crippen LogP contribution in [0.3, 0.4) is 0 Å². The lowest BCUT2D eigenvalue weighted by molar-refractivity contribution is -0.118. The summed E-state index contributed by atoms with van der Waals surface area (Å²) in [5.74, 6) is 0.633. The Morgan fingerprint density at radius 2 is 1.91 bits per heavy atom. The highest BCUT2D eigenvalue weighted by atomic mass is 32.1. The first-order chi connectivity index (χ1) is 16.1. The first-order valence-corrected chi connectivity index (χ1v) is 11.0. The highest BCUT2D eigenvalue weighted by Crippen LogP contribution is 2.31. The van der Waals surface area contributed by atoms with Crippen LogP contribution in [-0.4, -0.2) is 24.6 Å². The van der Waals surface area contributed by atoms with Crippen LogP contribution in [-0.2, 0) is 4.79 Å². The number of thiazole rings is 1. The van der Waals surface area contributed by atoms with Gasteiger partial charge in [-0.05, 0) is 55.0 Å². The first-order valence-electron chi connectivity index (χ1n) is 10.2. The SMILES string of the molecule is COc1cc(C=C(C#N)c2nc3ccccc3s2)ccc1OCC(=O)Nc1ccc(C)cc1. The second-order valence-electron chi connectivity index (χ2n) is 7.27. The number of methoxy groups -OCH3 is 1. The van der Waals surface area contributed by atoms with Gasteiger partial charge in [0.25, 0.3) is 5.91 Å². The van der Waals surface area contributed by atoms with E-state index in [1.165, 1.54) is 18.4 Å². The van der Waals surface area contributed by atoms with Gasteiger partial charge in [0.15, 0.2) is 18.1 Å². The van der Waals surface area contributed by atoms with Crippen molar-refractivity contribution in [3.8, 4) is 17.6 Å². The Hall–Kier alpha value is -4.15. The quantitative estimate of drug-likeness (QED) is 0.362. The third kappa shape index (κ3) is 5.37. The third-order valence-corrected chi connectivity index (χ3v) is 5.91. The maximum absolute atomic E-state index is 12.2. The number of hydrogen-bond acceptors (Lipinski definition) is 6. The number of hydrogen-bond donors (Lipinski definition) is 1. The molecule has 164 valence electrons. The molecular weight excluding hydrogens is 434 g/mol. The summed E-state index contributed by atoms with van der Waals surface area (Å²) in [5, 5.41) is 13.1. The molecule has 4 aromatic rings. The molecule has 1 N–H and O–H groups in total. The highest BCUT2D eigenvalue weighted by Gasteiger charge is 2.12. The number of nitrogens with zero attached hydrogens (tertiary/aromatic N) is 2. The zero-order valence-corrected chi connectivity index (χ0v) is 19.0. The Morgan fingerprint density at radius 1 is 1.12 bits per heavy atom. The number of allylic oxidation sites excluding steroid dienone is 1. The number of rotatable bonds is 7. The minimum absolute atomic E-state index is 0.158. The maximum Gasteiger partial charge on any atom is 0.262 e. The smallest absolute Gasteiger partial charge is 0.262 e. The average molecular weight is 456 g/mol. The van der Waals surface area contributed by atoms with E-state index in [0.29, 0.717) is 27.8 Å². The average Bonchev–Trinajstić information content (AvgIpc) is 3.27. The molecule has 1 heterocycles. The molecule has 1 aromatic heterocycles. The molecular formula is C26H21N3O3S. The summed E-state index contributed by atoms with van der Waals surface area (Å²) in [4.78, 5) is 16.8. The monoisotopic (exact) mass is 455 g/mol. The Morgan fingerprint density at radius 3 is 2.64 bits per heavy atom. The van der Waals surface area contributed by atoms with E-state index in [1.54, 1.807) is 24.3 Å². The van der Waals surface area contributed by atoms with Gasteiger partial charge in [0.2, 0.25) is 0 Å². The minimum Gasteiger partial charge on any atom is -0.493 e. The van der Waals surface area contributed by atoms with Gasteiger partial charge in [-0.3, -0.25) is 4.79 Å². The summed E-state index contributed by atoms with van der Waals surface area (Å²) < 4.78 is 12.1. The molecule has 0 radical (unpaired) electrons. The zero-order chi connectivity index (χ0) is 23.2. The second-order valence-corrected chi connectivity index (χ2v) is 8.30. The Balaban J connectivity index is 1.48. The number of benzene rings is 3. The van der Waals surface area contributed by atoms with Gasteiger partial charge in [0.05, 0.1) is 22.9 Å². The minimum atomic E-state index is -0.271. The van der Waals surface area contributed by atoms with Crippen molar-refractivity contribution in [2.45, 2.75) is 6.92 Å². The van der Waals surface area contributed by atoms with Gasteiger partial charge >= 0.3 is 0 Å². The third-order valence-electron chi connectivity index (χ3n) is 4.84. The molecule has 0 unspecified atom stereocenters. The van der Waals surface area contributed by atoms with Crippen LogP contribution in [0.5, 0.6) is 11.5 Å². The fraction of sp³-hybridized carbons (Fsp3) is 0.115. The number of amides is 1. The number of nitriles is 1. The predicted octanol–water partition coefficient (Wildman–Crippen LogP) is 5.70. The van der Waals surface area contributed by atoms with Gasteiger partial charge in [-0.2, -0.15) is 5.26 Å². The van der Waals surface area contributed by atoms with Crippen LogP contribution in [0.1, 0.15) is 16.1 Å². The van der Waals surface area contributed by atoms with Crippen molar-refractivity contribution in [3.63, 3.8) is 0 Å². The molecule has 0 atom stereocenters. The number of fused-ring (bicyclic) bond motifs is 1. The van der Waals surface area contributed by atoms with E-state index >= 15 is 0 Å². The van der Waals surface area contributed by atoms with E-state index in [9.17, 15) is 10.1 Å². The maximum atomic E-state index is 12.2. The van der Waals surface area contributed by atoms with Crippen LogP contribution in [0.4, 0.5) is 5.69 Å². The number of ether oxygens (including phenoxy) is 2. The van der Waals surface area contributed by atoms with Crippen LogP contribution >= 0.6 is 11.3 Å². The van der Waals surface area contributed by atoms with E-state index in [-0.39, 0.29) is 12.5 Å².